The van der Waals surface area contributed by atoms with Crippen LogP contribution < -0.4 is 14.8 Å². The van der Waals surface area contributed by atoms with Crippen molar-refractivity contribution in [2.45, 2.75) is 19.9 Å². The van der Waals surface area contributed by atoms with Crippen molar-refractivity contribution in [2.24, 2.45) is 0 Å². The first-order chi connectivity index (χ1) is 12.6. The lowest BCUT2D eigenvalue weighted by Gasteiger charge is -2.14. The van der Waals surface area contributed by atoms with Crippen LogP contribution in [0.1, 0.15) is 39.6 Å². The minimum atomic E-state index is -0.347. The van der Waals surface area contributed by atoms with E-state index < -0.39 is 0 Å². The first-order valence-corrected chi connectivity index (χ1v) is 8.53. The van der Waals surface area contributed by atoms with Crippen LogP contribution >= 0.6 is 0 Å². The van der Waals surface area contributed by atoms with E-state index in [-0.39, 0.29) is 11.8 Å². The molecule has 1 aliphatic rings. The van der Waals surface area contributed by atoms with Gasteiger partial charge in [0.25, 0.3) is 11.8 Å². The lowest BCUT2D eigenvalue weighted by molar-refractivity contribution is 0.0774. The molecule has 0 aromatic heterocycles. The summed E-state index contributed by atoms with van der Waals surface area (Å²) in [5.74, 6) is 0.681. The van der Waals surface area contributed by atoms with Crippen molar-refractivity contribution >= 4 is 17.5 Å². The number of carbonyl (C=O) groups is 2. The summed E-state index contributed by atoms with van der Waals surface area (Å²) in [7, 11) is 3.09. The number of fused-ring (bicyclic) bond motifs is 1. The highest BCUT2D eigenvalue weighted by Gasteiger charge is 2.31. The molecule has 6 heteroatoms. The van der Waals surface area contributed by atoms with Gasteiger partial charge in [-0.2, -0.15) is 0 Å². The molecule has 0 radical (unpaired) electrons. The van der Waals surface area contributed by atoms with E-state index in [0.29, 0.717) is 41.4 Å². The predicted octanol–water partition coefficient (Wildman–Crippen LogP) is 3.32. The van der Waals surface area contributed by atoms with Gasteiger partial charge in [0.15, 0.2) is 0 Å². The summed E-state index contributed by atoms with van der Waals surface area (Å²) in [6, 6.07) is 10.5. The molecule has 0 aliphatic carbocycles. The van der Waals surface area contributed by atoms with Gasteiger partial charge in [0.05, 0.1) is 31.0 Å². The lowest BCUT2D eigenvalue weighted by atomic mass is 10.0. The SMILES string of the molecule is CCCN1Cc2cccc(C(=O)Nc3cc(OC)ccc3OC)c2C1=O. The number of amides is 2. The van der Waals surface area contributed by atoms with Crippen LogP contribution in [0.2, 0.25) is 0 Å². The third-order valence-corrected chi connectivity index (χ3v) is 4.41. The summed E-state index contributed by atoms with van der Waals surface area (Å²) in [5, 5.41) is 2.83. The Morgan fingerprint density at radius 1 is 1.19 bits per heavy atom. The standard InChI is InChI=1S/C20H22N2O4/c1-4-10-22-12-13-6-5-7-15(18(13)20(22)24)19(23)21-16-11-14(25-2)8-9-17(16)26-3/h5-9,11H,4,10,12H2,1-3H3,(H,21,23). The maximum Gasteiger partial charge on any atom is 0.256 e. The summed E-state index contributed by atoms with van der Waals surface area (Å²) in [4.78, 5) is 27.3. The zero-order chi connectivity index (χ0) is 18.7. The molecule has 2 aromatic rings. The van der Waals surface area contributed by atoms with Crippen LogP contribution in [0.5, 0.6) is 11.5 Å². The second-order valence-electron chi connectivity index (χ2n) is 6.09. The molecule has 0 atom stereocenters. The van der Waals surface area contributed by atoms with Crippen molar-refractivity contribution in [2.75, 3.05) is 26.1 Å². The Bertz CT molecular complexity index is 848. The van der Waals surface area contributed by atoms with Crippen LogP contribution in [0, 0.1) is 0 Å². The van der Waals surface area contributed by atoms with E-state index in [1.54, 1.807) is 42.3 Å². The van der Waals surface area contributed by atoms with Crippen molar-refractivity contribution in [3.8, 4) is 11.5 Å². The van der Waals surface area contributed by atoms with E-state index >= 15 is 0 Å². The molecular formula is C20H22N2O4. The lowest BCUT2D eigenvalue weighted by Crippen LogP contribution is -2.26. The molecule has 0 bridgehead atoms. The molecule has 2 amide bonds. The maximum absolute atomic E-state index is 12.9. The van der Waals surface area contributed by atoms with Gasteiger partial charge >= 0.3 is 0 Å². The normalized spacial score (nSPS) is 12.7. The van der Waals surface area contributed by atoms with Crippen molar-refractivity contribution in [3.63, 3.8) is 0 Å². The minimum absolute atomic E-state index is 0.0924. The third-order valence-electron chi connectivity index (χ3n) is 4.41. The fraction of sp³-hybridized carbons (Fsp3) is 0.300. The summed E-state index contributed by atoms with van der Waals surface area (Å²) in [6.45, 7) is 3.25. The van der Waals surface area contributed by atoms with Crippen LogP contribution in [-0.2, 0) is 6.54 Å². The highest BCUT2D eigenvalue weighted by molar-refractivity contribution is 6.14. The number of carbonyl (C=O) groups excluding carboxylic acids is 2. The average molecular weight is 354 g/mol. The van der Waals surface area contributed by atoms with Gasteiger partial charge in [0.1, 0.15) is 11.5 Å². The molecule has 1 heterocycles. The number of nitrogens with one attached hydrogen (secondary N) is 1. The third kappa shape index (κ3) is 3.22. The number of nitrogens with zero attached hydrogens (tertiary/aromatic N) is 1. The van der Waals surface area contributed by atoms with E-state index in [0.717, 1.165) is 12.0 Å². The molecule has 0 fully saturated rings. The Balaban J connectivity index is 1.92. The van der Waals surface area contributed by atoms with E-state index in [1.807, 2.05) is 13.0 Å². The zero-order valence-corrected chi connectivity index (χ0v) is 15.2. The first-order valence-electron chi connectivity index (χ1n) is 8.53. The molecule has 0 saturated carbocycles. The van der Waals surface area contributed by atoms with Crippen LogP contribution in [0.25, 0.3) is 0 Å². The van der Waals surface area contributed by atoms with Crippen molar-refractivity contribution in [1.82, 2.24) is 4.90 Å². The van der Waals surface area contributed by atoms with Crippen molar-refractivity contribution < 1.29 is 19.1 Å². The highest BCUT2D eigenvalue weighted by Crippen LogP contribution is 2.31. The second kappa shape index (κ2) is 7.47. The second-order valence-corrected chi connectivity index (χ2v) is 6.09. The van der Waals surface area contributed by atoms with Crippen LogP contribution in [0.3, 0.4) is 0 Å². The number of benzene rings is 2. The number of hydrogen-bond donors (Lipinski definition) is 1. The Morgan fingerprint density at radius 3 is 2.69 bits per heavy atom. The Morgan fingerprint density at radius 2 is 2.00 bits per heavy atom. The number of ether oxygens (including phenoxy) is 2. The van der Waals surface area contributed by atoms with E-state index in [2.05, 4.69) is 5.32 Å². The van der Waals surface area contributed by atoms with Gasteiger partial charge in [-0.3, -0.25) is 9.59 Å². The number of methoxy groups -OCH3 is 2. The molecule has 1 aliphatic heterocycles. The van der Waals surface area contributed by atoms with E-state index in [4.69, 9.17) is 9.47 Å². The largest absolute Gasteiger partial charge is 0.497 e. The quantitative estimate of drug-likeness (QED) is 0.864. The molecule has 6 nitrogen and oxygen atoms in total. The molecule has 0 unspecified atom stereocenters. The minimum Gasteiger partial charge on any atom is -0.497 e. The summed E-state index contributed by atoms with van der Waals surface area (Å²) >= 11 is 0. The van der Waals surface area contributed by atoms with Crippen molar-refractivity contribution in [3.05, 3.63) is 53.1 Å². The Kier molecular flexibility index (Phi) is 5.11. The smallest absolute Gasteiger partial charge is 0.256 e. The van der Waals surface area contributed by atoms with Gasteiger partial charge in [-0.05, 0) is 30.2 Å². The van der Waals surface area contributed by atoms with Gasteiger partial charge < -0.3 is 19.7 Å². The van der Waals surface area contributed by atoms with Gasteiger partial charge in [0, 0.05) is 19.2 Å². The molecule has 136 valence electrons. The summed E-state index contributed by atoms with van der Waals surface area (Å²) in [5.41, 5.74) is 2.23. The Labute approximate surface area is 152 Å². The van der Waals surface area contributed by atoms with Gasteiger partial charge in [-0.25, -0.2) is 0 Å². The number of rotatable bonds is 6. The fourth-order valence-electron chi connectivity index (χ4n) is 3.16. The van der Waals surface area contributed by atoms with Gasteiger partial charge in [-0.15, -0.1) is 0 Å². The monoisotopic (exact) mass is 354 g/mol. The topological polar surface area (TPSA) is 67.9 Å². The molecule has 0 saturated heterocycles. The molecule has 26 heavy (non-hydrogen) atoms. The van der Waals surface area contributed by atoms with Crippen LogP contribution in [0.15, 0.2) is 36.4 Å². The van der Waals surface area contributed by atoms with E-state index in [1.165, 1.54) is 7.11 Å². The highest BCUT2D eigenvalue weighted by atomic mass is 16.5. The average Bonchev–Trinajstić information content (AvgIpc) is 2.98. The Hall–Kier alpha value is -3.02. The van der Waals surface area contributed by atoms with Crippen molar-refractivity contribution in [1.29, 1.82) is 0 Å². The van der Waals surface area contributed by atoms with E-state index in [9.17, 15) is 9.59 Å². The summed E-state index contributed by atoms with van der Waals surface area (Å²) < 4.78 is 10.5. The molecular weight excluding hydrogens is 332 g/mol. The fourth-order valence-corrected chi connectivity index (χ4v) is 3.16. The number of anilines is 1. The molecule has 2 aromatic carbocycles. The maximum atomic E-state index is 12.9. The summed E-state index contributed by atoms with van der Waals surface area (Å²) in [6.07, 6.45) is 0.877. The van der Waals surface area contributed by atoms with Crippen LogP contribution in [-0.4, -0.2) is 37.5 Å². The first kappa shape index (κ1) is 17.8. The van der Waals surface area contributed by atoms with Crippen LogP contribution in [0.4, 0.5) is 5.69 Å². The molecule has 1 N–H and O–H groups in total. The zero-order valence-electron chi connectivity index (χ0n) is 15.2. The number of hydrogen-bond acceptors (Lipinski definition) is 4. The predicted molar refractivity (Wildman–Crippen MR) is 99.0 cm³/mol. The molecule has 3 rings (SSSR count). The van der Waals surface area contributed by atoms with Gasteiger partial charge in [0.2, 0.25) is 0 Å². The van der Waals surface area contributed by atoms with Gasteiger partial charge in [-0.1, -0.05) is 19.1 Å². The molecule has 0 spiro atoms.